The Bertz CT molecular complexity index is 472. The van der Waals surface area contributed by atoms with Crippen molar-refractivity contribution in [3.8, 4) is 0 Å². The van der Waals surface area contributed by atoms with Gasteiger partial charge < -0.3 is 35.6 Å². The molecular weight excluding hydrogens is 388 g/mol. The topological polar surface area (TPSA) is 169 Å². The van der Waals surface area contributed by atoms with E-state index in [2.05, 4.69) is 10.6 Å². The largest absolute Gasteiger partial charge is 0.481 e. The fourth-order valence-corrected chi connectivity index (χ4v) is 4.02. The molecule has 152 valence electrons. The molecule has 5 atom stereocenters. The average Bonchev–Trinajstić information content (AvgIpc) is 2.59. The summed E-state index contributed by atoms with van der Waals surface area (Å²) in [6.45, 7) is 1.18. The van der Waals surface area contributed by atoms with Crippen molar-refractivity contribution >= 4 is 33.5 Å². The summed E-state index contributed by atoms with van der Waals surface area (Å²) in [5, 5.41) is 53.3. The highest BCUT2D eigenvalue weighted by Gasteiger charge is 2.48. The maximum absolute atomic E-state index is 12.2. The third kappa shape index (κ3) is 7.19. The van der Waals surface area contributed by atoms with Crippen LogP contribution in [-0.4, -0.2) is 98.8 Å². The van der Waals surface area contributed by atoms with Gasteiger partial charge in [0.05, 0.1) is 25.6 Å². The van der Waals surface area contributed by atoms with Gasteiger partial charge in [-0.05, 0) is 0 Å². The molecule has 0 aromatic rings. The summed E-state index contributed by atoms with van der Waals surface area (Å²) in [6, 6.07) is -0.781. The van der Waals surface area contributed by atoms with Crippen molar-refractivity contribution in [2.75, 3.05) is 31.2 Å². The summed E-state index contributed by atoms with van der Waals surface area (Å²) < 4.78 is 5.04. The van der Waals surface area contributed by atoms with Gasteiger partial charge in [-0.2, -0.15) is 0 Å². The third-order valence-corrected chi connectivity index (χ3v) is 6.16. The lowest BCUT2D eigenvalue weighted by molar-refractivity contribution is -0.318. The summed E-state index contributed by atoms with van der Waals surface area (Å²) in [7, 11) is 2.95. The molecular formula is C14H26N2O8S2. The minimum absolute atomic E-state index is 0.0355. The van der Waals surface area contributed by atoms with E-state index < -0.39 is 42.0 Å². The molecule has 5 unspecified atom stereocenters. The summed E-state index contributed by atoms with van der Waals surface area (Å²) >= 11 is 0. The van der Waals surface area contributed by atoms with Crippen molar-refractivity contribution in [2.24, 2.45) is 0 Å². The summed E-state index contributed by atoms with van der Waals surface area (Å²) in [4.78, 5) is 22.8. The minimum atomic E-state index is -2.17. The zero-order chi connectivity index (χ0) is 19.7. The second kappa shape index (κ2) is 11.3. The van der Waals surface area contributed by atoms with Crippen LogP contribution in [0.15, 0.2) is 0 Å². The molecule has 0 aromatic heterocycles. The Labute approximate surface area is 159 Å². The fourth-order valence-electron chi connectivity index (χ4n) is 2.16. The lowest BCUT2D eigenvalue weighted by Crippen LogP contribution is -2.65. The van der Waals surface area contributed by atoms with Gasteiger partial charge in [0.15, 0.2) is 0 Å². The van der Waals surface area contributed by atoms with Gasteiger partial charge in [0, 0.05) is 18.1 Å². The highest BCUT2D eigenvalue weighted by Crippen LogP contribution is 2.24. The monoisotopic (exact) mass is 414 g/mol. The molecule has 0 aliphatic carbocycles. The molecule has 1 heterocycles. The second-order valence-corrected chi connectivity index (χ2v) is 8.51. The van der Waals surface area contributed by atoms with Gasteiger partial charge in [-0.1, -0.05) is 28.5 Å². The van der Waals surface area contributed by atoms with Crippen molar-refractivity contribution in [3.63, 3.8) is 0 Å². The average molecular weight is 415 g/mol. The molecule has 1 aliphatic rings. The molecule has 0 bridgehead atoms. The number of aliphatic hydroxyl groups excluding tert-OH is 3. The van der Waals surface area contributed by atoms with Crippen LogP contribution in [0.4, 0.5) is 0 Å². The van der Waals surface area contributed by atoms with E-state index in [1.165, 1.54) is 21.6 Å². The van der Waals surface area contributed by atoms with Crippen LogP contribution in [0.2, 0.25) is 0 Å². The van der Waals surface area contributed by atoms with Crippen LogP contribution in [0.25, 0.3) is 0 Å². The van der Waals surface area contributed by atoms with Crippen LogP contribution in [0.3, 0.4) is 0 Å². The number of ether oxygens (including phenoxy) is 1. The van der Waals surface area contributed by atoms with Crippen molar-refractivity contribution < 1.29 is 39.9 Å². The van der Waals surface area contributed by atoms with E-state index in [4.69, 9.17) is 9.84 Å². The Morgan fingerprint density at radius 3 is 2.62 bits per heavy atom. The molecule has 0 aromatic carbocycles. The first-order valence-corrected chi connectivity index (χ1v) is 10.6. The maximum atomic E-state index is 12.2. The molecule has 26 heavy (non-hydrogen) atoms. The third-order valence-electron chi connectivity index (χ3n) is 3.68. The van der Waals surface area contributed by atoms with Gasteiger partial charge in [0.25, 0.3) is 0 Å². The normalized spacial score (nSPS) is 30.0. The van der Waals surface area contributed by atoms with Crippen LogP contribution in [0.5, 0.6) is 0 Å². The lowest BCUT2D eigenvalue weighted by Gasteiger charge is -2.42. The number of aliphatic carboxylic acids is 1. The quantitative estimate of drug-likeness (QED) is 0.144. The molecule has 0 saturated carbocycles. The molecule has 1 aliphatic heterocycles. The molecule has 0 spiro atoms. The highest BCUT2D eigenvalue weighted by atomic mass is 33.1. The van der Waals surface area contributed by atoms with Gasteiger partial charge in [0.2, 0.25) is 11.7 Å². The first-order valence-electron chi connectivity index (χ1n) is 8.09. The number of carboxylic acids is 1. The summed E-state index contributed by atoms with van der Waals surface area (Å²) in [6.07, 6.45) is -4.88. The van der Waals surface area contributed by atoms with E-state index in [-0.39, 0.29) is 26.1 Å². The number of hydrogen-bond donors (Lipinski definition) is 7. The van der Waals surface area contributed by atoms with E-state index in [0.717, 1.165) is 5.75 Å². The fraction of sp³-hybridized carbons (Fsp3) is 0.857. The number of carboxylic acid groups (broad SMARTS) is 1. The summed E-state index contributed by atoms with van der Waals surface area (Å²) in [5.74, 6) is -2.50. The van der Waals surface area contributed by atoms with Gasteiger partial charge >= 0.3 is 5.97 Å². The van der Waals surface area contributed by atoms with Crippen molar-refractivity contribution in [3.05, 3.63) is 0 Å². The Morgan fingerprint density at radius 2 is 2.00 bits per heavy atom. The number of nitrogens with one attached hydrogen (secondary N) is 2. The van der Waals surface area contributed by atoms with Crippen LogP contribution < -0.4 is 10.6 Å². The van der Waals surface area contributed by atoms with E-state index in [1.807, 2.05) is 6.92 Å². The Balaban J connectivity index is 2.63. The van der Waals surface area contributed by atoms with Crippen LogP contribution in [0.1, 0.15) is 13.3 Å². The van der Waals surface area contributed by atoms with Crippen molar-refractivity contribution in [1.82, 2.24) is 10.6 Å². The molecule has 7 N–H and O–H groups in total. The predicted octanol–water partition coefficient (Wildman–Crippen LogP) is -2.26. The molecule has 10 nitrogen and oxygen atoms in total. The molecule has 1 fully saturated rings. The van der Waals surface area contributed by atoms with E-state index in [9.17, 15) is 30.0 Å². The van der Waals surface area contributed by atoms with Crippen molar-refractivity contribution in [2.45, 2.75) is 43.5 Å². The maximum Gasteiger partial charge on any atom is 0.305 e. The molecule has 12 heteroatoms. The molecule has 0 radical (unpaired) electrons. The van der Waals surface area contributed by atoms with E-state index in [0.29, 0.717) is 5.75 Å². The zero-order valence-electron chi connectivity index (χ0n) is 14.3. The summed E-state index contributed by atoms with van der Waals surface area (Å²) in [5.41, 5.74) is 0. The van der Waals surface area contributed by atoms with Crippen LogP contribution in [0, 0.1) is 0 Å². The van der Waals surface area contributed by atoms with Gasteiger partial charge in [-0.15, -0.1) is 0 Å². The zero-order valence-corrected chi connectivity index (χ0v) is 16.0. The number of amides is 1. The lowest BCUT2D eigenvalue weighted by atomic mass is 9.96. The Kier molecular flexibility index (Phi) is 10.2. The number of carbonyl (C=O) groups is 2. The first kappa shape index (κ1) is 23.4. The van der Waals surface area contributed by atoms with Crippen LogP contribution in [-0.2, 0) is 14.3 Å². The smallest absolute Gasteiger partial charge is 0.305 e. The molecule has 1 amide bonds. The van der Waals surface area contributed by atoms with Crippen molar-refractivity contribution in [1.29, 1.82) is 0 Å². The minimum Gasteiger partial charge on any atom is -0.481 e. The highest BCUT2D eigenvalue weighted by molar-refractivity contribution is 8.76. The first-order chi connectivity index (χ1) is 12.2. The predicted molar refractivity (Wildman–Crippen MR) is 96.6 cm³/mol. The van der Waals surface area contributed by atoms with Gasteiger partial charge in [-0.25, -0.2) is 0 Å². The Hall–Kier alpha value is -0.600. The second-order valence-electron chi connectivity index (χ2n) is 5.72. The van der Waals surface area contributed by atoms with Gasteiger partial charge in [0.1, 0.15) is 18.3 Å². The SMILES string of the molecule is CCSSCC(NCC1(O)OCC(O)C(O)C1O)C(=O)NCCC(=O)O. The number of aliphatic hydroxyl groups is 4. The molecule has 1 saturated heterocycles. The van der Waals surface area contributed by atoms with E-state index in [1.54, 1.807) is 0 Å². The number of rotatable bonds is 11. The van der Waals surface area contributed by atoms with Gasteiger partial charge in [-0.3, -0.25) is 14.9 Å². The number of carbonyl (C=O) groups excluding carboxylic acids is 1. The molecule has 1 rings (SSSR count). The standard InChI is InChI=1S/C14H26N2O8S2/c1-2-25-26-6-8(13(22)15-4-3-10(18)19)16-7-14(23)12(21)11(20)9(17)5-24-14/h8-9,11-12,16-17,20-21,23H,2-7H2,1H3,(H,15,22)(H,18,19). The number of hydrogen-bond acceptors (Lipinski definition) is 10. The Morgan fingerprint density at radius 1 is 1.31 bits per heavy atom. The van der Waals surface area contributed by atoms with Crippen LogP contribution >= 0.6 is 21.6 Å². The van der Waals surface area contributed by atoms with E-state index >= 15 is 0 Å².